The third kappa shape index (κ3) is 3.33. The second kappa shape index (κ2) is 7.22. The van der Waals surface area contributed by atoms with Crippen molar-refractivity contribution in [2.45, 2.75) is 32.6 Å². The monoisotopic (exact) mass is 323 g/mol. The van der Waals surface area contributed by atoms with Gasteiger partial charge in [0.1, 0.15) is 0 Å². The van der Waals surface area contributed by atoms with Crippen molar-refractivity contribution in [1.82, 2.24) is 10.2 Å². The van der Waals surface area contributed by atoms with Crippen LogP contribution in [0.3, 0.4) is 0 Å². The molecule has 3 rings (SSSR count). The van der Waals surface area contributed by atoms with Gasteiger partial charge in [-0.2, -0.15) is 21.5 Å². The fourth-order valence-electron chi connectivity index (χ4n) is 2.61. The van der Waals surface area contributed by atoms with Gasteiger partial charge in [-0.1, -0.05) is 30.9 Å². The van der Waals surface area contributed by atoms with E-state index >= 15 is 0 Å². The molecule has 0 radical (unpaired) electrons. The maximum Gasteiger partial charge on any atom is 0.0934 e. The van der Waals surface area contributed by atoms with Crippen LogP contribution in [0.4, 0.5) is 5.69 Å². The van der Waals surface area contributed by atoms with Crippen LogP contribution in [0.2, 0.25) is 0 Å². The molecule has 0 unspecified atom stereocenters. The summed E-state index contributed by atoms with van der Waals surface area (Å²) in [6, 6.07) is 8.08. The van der Waals surface area contributed by atoms with E-state index in [1.165, 1.54) is 0 Å². The first kappa shape index (κ1) is 15.5. The van der Waals surface area contributed by atoms with Crippen LogP contribution in [0.5, 0.6) is 0 Å². The van der Waals surface area contributed by atoms with E-state index in [1.54, 1.807) is 11.3 Å². The molecule has 0 bridgehead atoms. The van der Waals surface area contributed by atoms with Crippen LogP contribution in [-0.2, 0) is 6.42 Å². The predicted octanol–water partition coefficient (Wildman–Crippen LogP) is 6.03. The number of fused-ring (bicyclic) bond motifs is 1. The zero-order valence-corrected chi connectivity index (χ0v) is 13.8. The van der Waals surface area contributed by atoms with Crippen molar-refractivity contribution < 1.29 is 0 Å². The van der Waals surface area contributed by atoms with E-state index in [1.807, 2.05) is 18.2 Å². The maximum atomic E-state index is 8.94. The zero-order valence-electron chi connectivity index (χ0n) is 12.9. The van der Waals surface area contributed by atoms with Crippen molar-refractivity contribution in [1.29, 1.82) is 0 Å². The van der Waals surface area contributed by atoms with Gasteiger partial charge >= 0.3 is 0 Å². The van der Waals surface area contributed by atoms with E-state index in [0.717, 1.165) is 53.4 Å². The Bertz CT molecular complexity index is 851. The molecule has 0 saturated carbocycles. The molecule has 1 aromatic carbocycles. The normalized spacial score (nSPS) is 10.7. The molecule has 116 valence electrons. The molecule has 2 aromatic heterocycles. The minimum Gasteiger partial charge on any atom is -0.155 e. The molecule has 2 heterocycles. The number of thiophene rings is 1. The average molecular weight is 323 g/mol. The van der Waals surface area contributed by atoms with E-state index in [2.05, 4.69) is 44.0 Å². The number of nitrogens with zero attached hydrogens (tertiary/aromatic N) is 5. The third-order valence-electron chi connectivity index (χ3n) is 3.82. The molecule has 0 fully saturated rings. The quantitative estimate of drug-likeness (QED) is 0.240. The van der Waals surface area contributed by atoms with Crippen LogP contribution in [0.15, 0.2) is 40.1 Å². The number of aryl methyl sites for hydroxylation is 1. The SMILES string of the molecule is CCCCCc1nnc2ccc(-c3ccsc3)cc2c1N=[N+]=[N-]. The topological polar surface area (TPSA) is 74.5 Å². The van der Waals surface area contributed by atoms with Crippen LogP contribution < -0.4 is 0 Å². The predicted molar refractivity (Wildman–Crippen MR) is 94.9 cm³/mol. The number of unbranched alkanes of at least 4 members (excludes halogenated alkanes) is 2. The van der Waals surface area contributed by atoms with E-state index in [4.69, 9.17) is 5.53 Å². The lowest BCUT2D eigenvalue weighted by atomic mass is 10.0. The highest BCUT2D eigenvalue weighted by atomic mass is 32.1. The van der Waals surface area contributed by atoms with Gasteiger partial charge in [-0.15, -0.1) is 0 Å². The summed E-state index contributed by atoms with van der Waals surface area (Å²) in [4.78, 5) is 3.00. The lowest BCUT2D eigenvalue weighted by molar-refractivity contribution is 0.702. The first-order valence-electron chi connectivity index (χ1n) is 7.70. The minimum atomic E-state index is 0.616. The third-order valence-corrected chi connectivity index (χ3v) is 4.50. The smallest absolute Gasteiger partial charge is 0.0934 e. The van der Waals surface area contributed by atoms with Crippen molar-refractivity contribution in [2.75, 3.05) is 0 Å². The summed E-state index contributed by atoms with van der Waals surface area (Å²) in [6.07, 6.45) is 4.08. The van der Waals surface area contributed by atoms with Gasteiger partial charge in [0.2, 0.25) is 0 Å². The summed E-state index contributed by atoms with van der Waals surface area (Å²) in [5.41, 5.74) is 13.4. The Kier molecular flexibility index (Phi) is 4.86. The molecule has 0 aliphatic rings. The van der Waals surface area contributed by atoms with Crippen LogP contribution in [0.1, 0.15) is 31.9 Å². The van der Waals surface area contributed by atoms with Crippen molar-refractivity contribution >= 4 is 27.9 Å². The van der Waals surface area contributed by atoms with Gasteiger partial charge in [0.15, 0.2) is 0 Å². The molecule has 5 nitrogen and oxygen atoms in total. The number of aromatic nitrogens is 2. The Morgan fingerprint density at radius 1 is 1.17 bits per heavy atom. The summed E-state index contributed by atoms with van der Waals surface area (Å²) in [6.45, 7) is 2.16. The molecule has 23 heavy (non-hydrogen) atoms. The molecular weight excluding hydrogens is 306 g/mol. The molecule has 0 amide bonds. The first-order valence-corrected chi connectivity index (χ1v) is 8.64. The van der Waals surface area contributed by atoms with Gasteiger partial charge in [0.05, 0.1) is 16.9 Å². The Labute approximate surface area is 138 Å². The van der Waals surface area contributed by atoms with E-state index in [9.17, 15) is 0 Å². The van der Waals surface area contributed by atoms with Crippen LogP contribution >= 0.6 is 11.3 Å². The maximum absolute atomic E-state index is 8.94. The second-order valence-electron chi connectivity index (χ2n) is 5.39. The standard InChI is InChI=1S/C17H17N5S/c1-2-3-4-5-16-17(21-22-18)14-10-12(13-8-9-23-11-13)6-7-15(14)19-20-16/h6-11H,2-5H2,1H3. The van der Waals surface area contributed by atoms with Gasteiger partial charge in [0, 0.05) is 10.3 Å². The number of hydrogen-bond donors (Lipinski definition) is 0. The van der Waals surface area contributed by atoms with Gasteiger partial charge in [-0.3, -0.25) is 0 Å². The van der Waals surface area contributed by atoms with Crippen molar-refractivity contribution in [3.8, 4) is 11.1 Å². The Morgan fingerprint density at radius 3 is 2.83 bits per heavy atom. The lowest BCUT2D eigenvalue weighted by Gasteiger charge is -2.08. The van der Waals surface area contributed by atoms with Crippen LogP contribution in [0.25, 0.3) is 32.5 Å². The summed E-state index contributed by atoms with van der Waals surface area (Å²) >= 11 is 1.66. The molecular formula is C17H17N5S. The highest BCUT2D eigenvalue weighted by molar-refractivity contribution is 7.08. The van der Waals surface area contributed by atoms with Crippen LogP contribution in [0, 0.1) is 0 Å². The van der Waals surface area contributed by atoms with Gasteiger partial charge in [-0.05, 0) is 58.5 Å². The number of benzene rings is 1. The van der Waals surface area contributed by atoms with Crippen molar-refractivity contribution in [3.05, 3.63) is 51.2 Å². The zero-order chi connectivity index (χ0) is 16.1. The first-order chi connectivity index (χ1) is 11.3. The van der Waals surface area contributed by atoms with E-state index < -0.39 is 0 Å². The molecule has 0 spiro atoms. The molecule has 0 N–H and O–H groups in total. The fourth-order valence-corrected chi connectivity index (χ4v) is 3.27. The summed E-state index contributed by atoms with van der Waals surface area (Å²) in [5, 5.41) is 17.5. The number of hydrogen-bond acceptors (Lipinski definition) is 4. The minimum absolute atomic E-state index is 0.616. The highest BCUT2D eigenvalue weighted by Gasteiger charge is 2.11. The molecule has 0 aliphatic heterocycles. The molecule has 0 atom stereocenters. The summed E-state index contributed by atoms with van der Waals surface area (Å²) in [7, 11) is 0. The average Bonchev–Trinajstić information content (AvgIpc) is 3.11. The van der Waals surface area contributed by atoms with E-state index in [-0.39, 0.29) is 0 Å². The lowest BCUT2D eigenvalue weighted by Crippen LogP contribution is -1.96. The largest absolute Gasteiger partial charge is 0.155 e. The number of rotatable bonds is 6. The summed E-state index contributed by atoms with van der Waals surface area (Å²) < 4.78 is 0. The molecule has 3 aromatic rings. The van der Waals surface area contributed by atoms with Crippen molar-refractivity contribution in [3.63, 3.8) is 0 Å². The Balaban J connectivity index is 2.11. The van der Waals surface area contributed by atoms with Crippen LogP contribution in [-0.4, -0.2) is 10.2 Å². The Hall–Kier alpha value is -2.43. The Morgan fingerprint density at radius 2 is 2.09 bits per heavy atom. The molecule has 0 aliphatic carbocycles. The van der Waals surface area contributed by atoms with Gasteiger partial charge in [-0.25, -0.2) is 0 Å². The fraction of sp³-hybridized carbons (Fsp3) is 0.294. The van der Waals surface area contributed by atoms with Crippen molar-refractivity contribution in [2.24, 2.45) is 5.11 Å². The molecule has 6 heteroatoms. The second-order valence-corrected chi connectivity index (χ2v) is 6.17. The molecule has 0 saturated heterocycles. The summed E-state index contributed by atoms with van der Waals surface area (Å²) in [5.74, 6) is 0. The van der Waals surface area contributed by atoms with Gasteiger partial charge < -0.3 is 0 Å². The van der Waals surface area contributed by atoms with Gasteiger partial charge in [0.25, 0.3) is 0 Å². The highest BCUT2D eigenvalue weighted by Crippen LogP contribution is 2.32. The number of azide groups is 1. The van der Waals surface area contributed by atoms with E-state index in [0.29, 0.717) is 5.69 Å².